The van der Waals surface area contributed by atoms with Crippen molar-refractivity contribution in [1.82, 2.24) is 0 Å². The summed E-state index contributed by atoms with van der Waals surface area (Å²) in [4.78, 5) is 0. The van der Waals surface area contributed by atoms with Crippen molar-refractivity contribution in [3.63, 3.8) is 0 Å². The SMILES string of the molecule is CC(C)=CCC(C)(C)CC(C)=CCC(C)(C)CCCO[Si](C(C)C)(C(C)C)C(C)C. The second-order valence-corrected chi connectivity index (χ2v) is 18.0. The molecule has 0 heterocycles. The van der Waals surface area contributed by atoms with Crippen LogP contribution in [0.5, 0.6) is 0 Å². The van der Waals surface area contributed by atoms with Crippen LogP contribution < -0.4 is 0 Å². The van der Waals surface area contributed by atoms with E-state index in [1.54, 1.807) is 0 Å². The predicted molar refractivity (Wildman–Crippen MR) is 141 cm³/mol. The van der Waals surface area contributed by atoms with Gasteiger partial charge in [-0.1, -0.05) is 92.5 Å². The fraction of sp³-hybridized carbons (Fsp3) is 0.857. The first-order chi connectivity index (χ1) is 13.6. The normalized spacial score (nSPS) is 14.2. The summed E-state index contributed by atoms with van der Waals surface area (Å²) in [6.07, 6.45) is 10.8. The standard InChI is InChI=1S/C28H56OSi/c1-22(2)15-18-28(12,13)21-26(9)16-19-27(10,11)17-14-20-29-30(23(3)4,24(5)6)25(7)8/h15-16,23-25H,14,17-21H2,1-13H3. The van der Waals surface area contributed by atoms with Gasteiger partial charge in [0.25, 0.3) is 0 Å². The average Bonchev–Trinajstić information content (AvgIpc) is 2.57. The van der Waals surface area contributed by atoms with Crippen LogP contribution in [-0.2, 0) is 4.43 Å². The van der Waals surface area contributed by atoms with Crippen LogP contribution in [0.1, 0.15) is 122 Å². The highest BCUT2D eigenvalue weighted by Gasteiger charge is 2.44. The number of hydrogen-bond donors (Lipinski definition) is 0. The van der Waals surface area contributed by atoms with Gasteiger partial charge in [0, 0.05) is 6.61 Å². The molecular formula is C28H56OSi. The van der Waals surface area contributed by atoms with Gasteiger partial charge in [-0.25, -0.2) is 0 Å². The second-order valence-electron chi connectivity index (χ2n) is 12.5. The molecule has 0 amide bonds. The van der Waals surface area contributed by atoms with Crippen LogP contribution >= 0.6 is 0 Å². The highest BCUT2D eigenvalue weighted by Crippen LogP contribution is 2.42. The number of rotatable bonds is 14. The van der Waals surface area contributed by atoms with Crippen LogP contribution in [0.4, 0.5) is 0 Å². The topological polar surface area (TPSA) is 9.23 Å². The molecule has 30 heavy (non-hydrogen) atoms. The maximum atomic E-state index is 6.77. The first-order valence-corrected chi connectivity index (χ1v) is 14.6. The van der Waals surface area contributed by atoms with Gasteiger partial charge in [0.15, 0.2) is 8.32 Å². The third kappa shape index (κ3) is 10.3. The van der Waals surface area contributed by atoms with E-state index in [1.807, 2.05) is 0 Å². The Balaban J connectivity index is 4.73. The minimum atomic E-state index is -1.72. The molecule has 0 radical (unpaired) electrons. The molecule has 0 saturated carbocycles. The predicted octanol–water partition coefficient (Wildman–Crippen LogP) is 10.1. The van der Waals surface area contributed by atoms with Gasteiger partial charge in [-0.05, 0) is 80.3 Å². The first kappa shape index (κ1) is 29.7. The summed E-state index contributed by atoms with van der Waals surface area (Å²) in [5, 5.41) is 0. The molecule has 178 valence electrons. The molecule has 0 aliphatic heterocycles. The molecular weight excluding hydrogens is 380 g/mol. The fourth-order valence-corrected chi connectivity index (χ4v) is 10.7. The zero-order valence-electron chi connectivity index (χ0n) is 23.0. The maximum absolute atomic E-state index is 6.77. The van der Waals surface area contributed by atoms with Gasteiger partial charge in [0.05, 0.1) is 0 Å². The lowest BCUT2D eigenvalue weighted by molar-refractivity contribution is 0.235. The fourth-order valence-electron chi connectivity index (χ4n) is 5.23. The molecule has 0 bridgehead atoms. The molecule has 1 nitrogen and oxygen atoms in total. The summed E-state index contributed by atoms with van der Waals surface area (Å²) in [5.74, 6) is 0. The Kier molecular flexibility index (Phi) is 12.5. The monoisotopic (exact) mass is 436 g/mol. The van der Waals surface area contributed by atoms with Crippen LogP contribution in [0.15, 0.2) is 23.3 Å². The zero-order chi connectivity index (χ0) is 23.8. The summed E-state index contributed by atoms with van der Waals surface area (Å²) in [6, 6.07) is 0. The van der Waals surface area contributed by atoms with Crippen LogP contribution in [0.25, 0.3) is 0 Å². The van der Waals surface area contributed by atoms with E-state index in [-0.39, 0.29) is 0 Å². The Bertz CT molecular complexity index is 523. The molecule has 0 rings (SSSR count). The minimum absolute atomic E-state index is 0.340. The summed E-state index contributed by atoms with van der Waals surface area (Å²) in [6.45, 7) is 31.5. The van der Waals surface area contributed by atoms with E-state index in [0.29, 0.717) is 27.5 Å². The third-order valence-corrected chi connectivity index (χ3v) is 13.0. The Morgan fingerprint density at radius 1 is 0.767 bits per heavy atom. The van der Waals surface area contributed by atoms with Crippen molar-refractivity contribution >= 4 is 8.32 Å². The molecule has 0 aromatic heterocycles. The van der Waals surface area contributed by atoms with E-state index in [9.17, 15) is 0 Å². The van der Waals surface area contributed by atoms with Gasteiger partial charge >= 0.3 is 0 Å². The maximum Gasteiger partial charge on any atom is 0.200 e. The molecule has 0 aliphatic rings. The van der Waals surface area contributed by atoms with E-state index >= 15 is 0 Å². The van der Waals surface area contributed by atoms with Gasteiger partial charge in [0.1, 0.15) is 0 Å². The summed E-state index contributed by atoms with van der Waals surface area (Å²) >= 11 is 0. The third-order valence-electron chi connectivity index (χ3n) is 6.88. The van der Waals surface area contributed by atoms with E-state index in [4.69, 9.17) is 4.43 Å². The summed E-state index contributed by atoms with van der Waals surface area (Å²) < 4.78 is 6.77. The van der Waals surface area contributed by atoms with Gasteiger partial charge in [0.2, 0.25) is 0 Å². The minimum Gasteiger partial charge on any atom is -0.416 e. The van der Waals surface area contributed by atoms with Crippen LogP contribution in [0.3, 0.4) is 0 Å². The number of hydrogen-bond acceptors (Lipinski definition) is 1. The molecule has 0 saturated heterocycles. The van der Waals surface area contributed by atoms with E-state index in [1.165, 1.54) is 36.8 Å². The molecule has 0 aromatic rings. The Morgan fingerprint density at radius 3 is 1.67 bits per heavy atom. The quantitative estimate of drug-likeness (QED) is 0.149. The summed E-state index contributed by atoms with van der Waals surface area (Å²) in [7, 11) is -1.72. The molecule has 2 heteroatoms. The molecule has 0 atom stereocenters. The van der Waals surface area contributed by atoms with Crippen LogP contribution in [0.2, 0.25) is 16.6 Å². The van der Waals surface area contributed by atoms with Gasteiger partial charge < -0.3 is 4.43 Å². The molecule has 0 aromatic carbocycles. The molecule has 0 N–H and O–H groups in total. The van der Waals surface area contributed by atoms with E-state index in [0.717, 1.165) is 13.0 Å². The van der Waals surface area contributed by atoms with Crippen molar-refractivity contribution in [2.24, 2.45) is 10.8 Å². The zero-order valence-corrected chi connectivity index (χ0v) is 24.0. The van der Waals surface area contributed by atoms with Gasteiger partial charge in [-0.3, -0.25) is 0 Å². The lowest BCUT2D eigenvalue weighted by Crippen LogP contribution is -2.48. The van der Waals surface area contributed by atoms with Crippen molar-refractivity contribution in [2.45, 2.75) is 139 Å². The molecule has 0 fully saturated rings. The second kappa shape index (κ2) is 12.6. The van der Waals surface area contributed by atoms with E-state index < -0.39 is 8.32 Å². The molecule has 0 unspecified atom stereocenters. The van der Waals surface area contributed by atoms with Gasteiger partial charge in [-0.2, -0.15) is 0 Å². The van der Waals surface area contributed by atoms with E-state index in [2.05, 4.69) is 102 Å². The van der Waals surface area contributed by atoms with Crippen molar-refractivity contribution in [3.8, 4) is 0 Å². The molecule has 0 spiro atoms. The lowest BCUT2D eigenvalue weighted by atomic mass is 9.80. The van der Waals surface area contributed by atoms with Crippen LogP contribution in [0, 0.1) is 10.8 Å². The first-order valence-electron chi connectivity index (χ1n) is 12.5. The Hall–Kier alpha value is -0.343. The molecule has 0 aliphatic carbocycles. The van der Waals surface area contributed by atoms with Crippen molar-refractivity contribution in [1.29, 1.82) is 0 Å². The summed E-state index contributed by atoms with van der Waals surface area (Å²) in [5.41, 5.74) is 5.66. The Labute approximate surface area is 192 Å². The van der Waals surface area contributed by atoms with Crippen molar-refractivity contribution < 1.29 is 4.43 Å². The highest BCUT2D eigenvalue weighted by atomic mass is 28.4. The highest BCUT2D eigenvalue weighted by molar-refractivity contribution is 6.77. The smallest absolute Gasteiger partial charge is 0.200 e. The van der Waals surface area contributed by atoms with Crippen LogP contribution in [-0.4, -0.2) is 14.9 Å². The average molecular weight is 437 g/mol. The lowest BCUT2D eigenvalue weighted by Gasteiger charge is -2.42. The van der Waals surface area contributed by atoms with Crippen molar-refractivity contribution in [3.05, 3.63) is 23.3 Å². The largest absolute Gasteiger partial charge is 0.416 e. The van der Waals surface area contributed by atoms with Crippen molar-refractivity contribution in [2.75, 3.05) is 6.61 Å². The number of allylic oxidation sites excluding steroid dienone is 4. The Morgan fingerprint density at radius 2 is 1.23 bits per heavy atom. The van der Waals surface area contributed by atoms with Gasteiger partial charge in [-0.15, -0.1) is 0 Å².